The summed E-state index contributed by atoms with van der Waals surface area (Å²) in [6.45, 7) is 1.85. The maximum Gasteiger partial charge on any atom is 0.274 e. The number of rotatable bonds is 2. The number of nitrogens with zero attached hydrogens (tertiary/aromatic N) is 2. The average molecular weight is 292 g/mol. The lowest BCUT2D eigenvalue weighted by Gasteiger charge is -2.07. The topological polar surface area (TPSA) is 54.9 Å². The summed E-state index contributed by atoms with van der Waals surface area (Å²) in [6.07, 6.45) is 3.24. The van der Waals surface area contributed by atoms with Crippen molar-refractivity contribution in [2.75, 3.05) is 5.32 Å². The van der Waals surface area contributed by atoms with Gasteiger partial charge in [0.1, 0.15) is 10.3 Å². The monoisotopic (exact) mass is 291 g/mol. The molecule has 17 heavy (non-hydrogen) atoms. The predicted molar refractivity (Wildman–Crippen MR) is 68.9 cm³/mol. The number of hydrogen-bond donors (Lipinski definition) is 1. The van der Waals surface area contributed by atoms with E-state index in [2.05, 4.69) is 31.2 Å². The summed E-state index contributed by atoms with van der Waals surface area (Å²) >= 11 is 3.27. The van der Waals surface area contributed by atoms with Crippen LogP contribution < -0.4 is 5.32 Å². The third-order valence-corrected chi connectivity index (χ3v) is 2.86. The zero-order valence-corrected chi connectivity index (χ0v) is 10.7. The van der Waals surface area contributed by atoms with E-state index in [0.29, 0.717) is 16.0 Å². The van der Waals surface area contributed by atoms with Gasteiger partial charge in [0.25, 0.3) is 5.91 Å². The van der Waals surface area contributed by atoms with Crippen LogP contribution in [0.25, 0.3) is 0 Å². The molecular formula is C12H10BrN3O. The summed E-state index contributed by atoms with van der Waals surface area (Å²) in [5.41, 5.74) is 1.89. The van der Waals surface area contributed by atoms with Gasteiger partial charge < -0.3 is 5.32 Å². The van der Waals surface area contributed by atoms with Crippen molar-refractivity contribution in [3.8, 4) is 0 Å². The highest BCUT2D eigenvalue weighted by molar-refractivity contribution is 9.10. The molecule has 0 aliphatic rings. The van der Waals surface area contributed by atoms with E-state index in [-0.39, 0.29) is 5.91 Å². The fraction of sp³-hybridized carbons (Fsp3) is 0.0833. The molecular weight excluding hydrogens is 282 g/mol. The van der Waals surface area contributed by atoms with Crippen LogP contribution >= 0.6 is 15.9 Å². The van der Waals surface area contributed by atoms with Gasteiger partial charge >= 0.3 is 0 Å². The van der Waals surface area contributed by atoms with Crippen LogP contribution in [-0.4, -0.2) is 15.9 Å². The minimum atomic E-state index is -0.239. The molecule has 0 aliphatic carbocycles. The standard InChI is InChI=1S/C12H10BrN3O/c1-8-4-2-6-14-10(8)12(17)16-9-5-3-7-15-11(9)13/h2-7H,1H3,(H,16,17). The molecule has 2 aromatic heterocycles. The fourth-order valence-corrected chi connectivity index (χ4v) is 1.73. The molecule has 1 N–H and O–H groups in total. The Morgan fingerprint density at radius 1 is 1.24 bits per heavy atom. The zero-order valence-electron chi connectivity index (χ0n) is 9.14. The molecule has 2 rings (SSSR count). The number of pyridine rings is 2. The third-order valence-electron chi connectivity index (χ3n) is 2.23. The highest BCUT2D eigenvalue weighted by atomic mass is 79.9. The summed E-state index contributed by atoms with van der Waals surface area (Å²) in [6, 6.07) is 7.17. The summed E-state index contributed by atoms with van der Waals surface area (Å²) in [7, 11) is 0. The van der Waals surface area contributed by atoms with Crippen LogP contribution in [0, 0.1) is 6.92 Å². The molecule has 0 saturated carbocycles. The highest BCUT2D eigenvalue weighted by Crippen LogP contribution is 2.19. The average Bonchev–Trinajstić information content (AvgIpc) is 2.32. The van der Waals surface area contributed by atoms with Crippen molar-refractivity contribution in [3.63, 3.8) is 0 Å². The Morgan fingerprint density at radius 2 is 1.94 bits per heavy atom. The van der Waals surface area contributed by atoms with Gasteiger partial charge in [0.05, 0.1) is 5.69 Å². The lowest BCUT2D eigenvalue weighted by Crippen LogP contribution is -2.15. The molecule has 2 aromatic rings. The Morgan fingerprint density at radius 3 is 2.65 bits per heavy atom. The first kappa shape index (κ1) is 11.7. The van der Waals surface area contributed by atoms with Gasteiger partial charge in [-0.2, -0.15) is 0 Å². The molecule has 2 heterocycles. The number of nitrogens with one attached hydrogen (secondary N) is 1. The molecule has 4 nitrogen and oxygen atoms in total. The molecule has 0 fully saturated rings. The SMILES string of the molecule is Cc1cccnc1C(=O)Nc1cccnc1Br. The molecule has 86 valence electrons. The second-order valence-electron chi connectivity index (χ2n) is 3.46. The van der Waals surface area contributed by atoms with Gasteiger partial charge in [0.2, 0.25) is 0 Å². The van der Waals surface area contributed by atoms with Crippen molar-refractivity contribution in [1.29, 1.82) is 0 Å². The number of aromatic nitrogens is 2. The number of halogens is 1. The first-order valence-corrected chi connectivity index (χ1v) is 5.81. The lowest BCUT2D eigenvalue weighted by molar-refractivity contribution is 0.102. The molecule has 0 unspecified atom stereocenters. The molecule has 0 aliphatic heterocycles. The third kappa shape index (κ3) is 2.68. The van der Waals surface area contributed by atoms with Gasteiger partial charge in [-0.25, -0.2) is 4.98 Å². The lowest BCUT2D eigenvalue weighted by atomic mass is 10.2. The number of aryl methyl sites for hydroxylation is 1. The molecule has 0 radical (unpaired) electrons. The van der Waals surface area contributed by atoms with E-state index in [1.54, 1.807) is 30.6 Å². The number of anilines is 1. The summed E-state index contributed by atoms with van der Waals surface area (Å²) in [4.78, 5) is 20.1. The van der Waals surface area contributed by atoms with Crippen LogP contribution in [0.5, 0.6) is 0 Å². The molecule has 0 bridgehead atoms. The minimum Gasteiger partial charge on any atom is -0.318 e. The number of carbonyl (C=O) groups is 1. The molecule has 5 heteroatoms. The minimum absolute atomic E-state index is 0.239. The maximum absolute atomic E-state index is 12.0. The van der Waals surface area contributed by atoms with Crippen molar-refractivity contribution in [2.45, 2.75) is 6.92 Å². The molecule has 0 atom stereocenters. The Hall–Kier alpha value is -1.75. The van der Waals surface area contributed by atoms with E-state index in [1.165, 1.54) is 0 Å². The van der Waals surface area contributed by atoms with Crippen LogP contribution in [0.2, 0.25) is 0 Å². The van der Waals surface area contributed by atoms with Crippen molar-refractivity contribution < 1.29 is 4.79 Å². The second-order valence-corrected chi connectivity index (χ2v) is 4.22. The predicted octanol–water partition coefficient (Wildman–Crippen LogP) is 2.80. The second kappa shape index (κ2) is 5.05. The van der Waals surface area contributed by atoms with Gasteiger partial charge in [-0.15, -0.1) is 0 Å². The number of hydrogen-bond acceptors (Lipinski definition) is 3. The van der Waals surface area contributed by atoms with Crippen LogP contribution in [0.15, 0.2) is 41.3 Å². The van der Waals surface area contributed by atoms with Crippen LogP contribution in [0.3, 0.4) is 0 Å². The normalized spacial score (nSPS) is 10.0. The first-order valence-electron chi connectivity index (χ1n) is 5.02. The van der Waals surface area contributed by atoms with Crippen molar-refractivity contribution in [1.82, 2.24) is 9.97 Å². The number of amides is 1. The van der Waals surface area contributed by atoms with Gasteiger partial charge in [0, 0.05) is 12.4 Å². The summed E-state index contributed by atoms with van der Waals surface area (Å²) < 4.78 is 0.599. The van der Waals surface area contributed by atoms with E-state index in [0.717, 1.165) is 5.56 Å². The first-order chi connectivity index (χ1) is 8.18. The van der Waals surface area contributed by atoms with Crippen LogP contribution in [-0.2, 0) is 0 Å². The van der Waals surface area contributed by atoms with Gasteiger partial charge in [-0.05, 0) is 46.6 Å². The van der Waals surface area contributed by atoms with Gasteiger partial charge in [0.15, 0.2) is 0 Å². The van der Waals surface area contributed by atoms with Crippen LogP contribution in [0.4, 0.5) is 5.69 Å². The Balaban J connectivity index is 2.24. The Kier molecular flexibility index (Phi) is 3.49. The quantitative estimate of drug-likeness (QED) is 0.866. The van der Waals surface area contributed by atoms with Gasteiger partial charge in [-0.1, -0.05) is 6.07 Å². The number of carbonyl (C=O) groups excluding carboxylic acids is 1. The Labute approximate surface area is 107 Å². The van der Waals surface area contributed by atoms with Crippen molar-refractivity contribution in [3.05, 3.63) is 52.5 Å². The van der Waals surface area contributed by atoms with Crippen molar-refractivity contribution in [2.24, 2.45) is 0 Å². The largest absolute Gasteiger partial charge is 0.318 e. The van der Waals surface area contributed by atoms with E-state index >= 15 is 0 Å². The van der Waals surface area contributed by atoms with Crippen molar-refractivity contribution >= 4 is 27.5 Å². The highest BCUT2D eigenvalue weighted by Gasteiger charge is 2.11. The van der Waals surface area contributed by atoms with E-state index in [9.17, 15) is 4.79 Å². The van der Waals surface area contributed by atoms with E-state index < -0.39 is 0 Å². The Bertz CT molecular complexity index is 557. The fourth-order valence-electron chi connectivity index (χ4n) is 1.38. The molecule has 0 spiro atoms. The van der Waals surface area contributed by atoms with E-state index in [4.69, 9.17) is 0 Å². The maximum atomic E-state index is 12.0. The smallest absolute Gasteiger partial charge is 0.274 e. The van der Waals surface area contributed by atoms with Crippen LogP contribution in [0.1, 0.15) is 16.1 Å². The van der Waals surface area contributed by atoms with E-state index in [1.807, 2.05) is 13.0 Å². The summed E-state index contributed by atoms with van der Waals surface area (Å²) in [5, 5.41) is 2.76. The molecule has 1 amide bonds. The molecule has 0 aromatic carbocycles. The van der Waals surface area contributed by atoms with Gasteiger partial charge in [-0.3, -0.25) is 9.78 Å². The zero-order chi connectivity index (χ0) is 12.3. The molecule has 0 saturated heterocycles. The summed E-state index contributed by atoms with van der Waals surface area (Å²) in [5.74, 6) is -0.239.